The zero-order chi connectivity index (χ0) is 16.6. The summed E-state index contributed by atoms with van der Waals surface area (Å²) in [5.74, 6) is -2.44. The summed E-state index contributed by atoms with van der Waals surface area (Å²) in [6.07, 6.45) is 0.712. The molecule has 0 radical (unpaired) electrons. The van der Waals surface area contributed by atoms with Gasteiger partial charge in [0.1, 0.15) is 17.3 Å². The molecule has 0 atom stereocenters. The van der Waals surface area contributed by atoms with Crippen LogP contribution in [-0.4, -0.2) is 11.5 Å². The molecule has 120 valence electrons. The molecule has 0 aromatic heterocycles. The Hall–Kier alpha value is -1.95. The highest BCUT2D eigenvalue weighted by molar-refractivity contribution is 7.99. The summed E-state index contributed by atoms with van der Waals surface area (Å²) in [6, 6.07) is 7.32. The van der Waals surface area contributed by atoms with Crippen molar-refractivity contribution < 1.29 is 22.7 Å². The number of thioether (sulfide) groups is 1. The van der Waals surface area contributed by atoms with Crippen LogP contribution in [0.2, 0.25) is 0 Å². The van der Waals surface area contributed by atoms with Crippen LogP contribution in [0.4, 0.5) is 13.2 Å². The van der Waals surface area contributed by atoms with E-state index in [1.54, 1.807) is 19.1 Å². The van der Waals surface area contributed by atoms with Gasteiger partial charge in [-0.25, -0.2) is 4.39 Å². The number of Topliss-reactive ketones (excluding diaryl/α,β-unsaturated/α-hetero) is 1. The second-order valence-electron chi connectivity index (χ2n) is 5.28. The predicted octanol–water partition coefficient (Wildman–Crippen LogP) is 5.37. The number of carbonyl (C=O) groups is 1. The van der Waals surface area contributed by atoms with Gasteiger partial charge in [-0.05, 0) is 43.2 Å². The zero-order valence-corrected chi connectivity index (χ0v) is 13.1. The van der Waals surface area contributed by atoms with Crippen LogP contribution in [-0.2, 0) is 6.42 Å². The summed E-state index contributed by atoms with van der Waals surface area (Å²) < 4.78 is 44.4. The van der Waals surface area contributed by atoms with Crippen LogP contribution in [0.25, 0.3) is 0 Å². The van der Waals surface area contributed by atoms with Crippen LogP contribution in [0.1, 0.15) is 27.9 Å². The second kappa shape index (κ2) is 6.28. The van der Waals surface area contributed by atoms with E-state index in [9.17, 15) is 18.0 Å². The maximum absolute atomic E-state index is 13.5. The highest BCUT2D eigenvalue weighted by Gasteiger charge is 2.28. The maximum atomic E-state index is 13.5. The first kappa shape index (κ1) is 15.9. The molecule has 0 aliphatic heterocycles. The number of ether oxygens (including phenoxy) is 1. The van der Waals surface area contributed by atoms with E-state index in [2.05, 4.69) is 0 Å². The lowest BCUT2D eigenvalue weighted by Crippen LogP contribution is -1.98. The van der Waals surface area contributed by atoms with Gasteiger partial charge < -0.3 is 4.74 Å². The monoisotopic (exact) mass is 338 g/mol. The predicted molar refractivity (Wildman–Crippen MR) is 82.2 cm³/mol. The number of hydrogen-bond donors (Lipinski definition) is 0. The fourth-order valence-electron chi connectivity index (χ4n) is 2.70. The Bertz CT molecular complexity index is 754. The Morgan fingerprint density at radius 3 is 2.65 bits per heavy atom. The smallest absolute Gasteiger partial charge is 0.288 e. The second-order valence-corrected chi connectivity index (χ2v) is 6.32. The van der Waals surface area contributed by atoms with Crippen molar-refractivity contribution in [3.05, 3.63) is 52.8 Å². The molecule has 0 heterocycles. The molecule has 0 fully saturated rings. The number of aryl methyl sites for hydroxylation is 1. The van der Waals surface area contributed by atoms with Crippen molar-refractivity contribution >= 4 is 17.5 Å². The van der Waals surface area contributed by atoms with Crippen LogP contribution >= 0.6 is 11.8 Å². The minimum absolute atomic E-state index is 0.163. The SMILES string of the molecule is Cc1cc(F)cc(Oc2ccc(SC(F)F)c3c2CCC3=O)c1. The molecule has 3 rings (SSSR count). The lowest BCUT2D eigenvalue weighted by molar-refractivity contribution is 0.0992. The summed E-state index contributed by atoms with van der Waals surface area (Å²) >= 11 is 0.358. The number of rotatable bonds is 4. The first-order valence-corrected chi connectivity index (χ1v) is 7.91. The highest BCUT2D eigenvalue weighted by atomic mass is 32.2. The number of benzene rings is 2. The Morgan fingerprint density at radius 2 is 1.96 bits per heavy atom. The van der Waals surface area contributed by atoms with Crippen molar-refractivity contribution in [2.45, 2.75) is 30.4 Å². The molecule has 6 heteroatoms. The van der Waals surface area contributed by atoms with Gasteiger partial charge in [0.25, 0.3) is 5.76 Å². The Labute approximate surface area is 135 Å². The fraction of sp³-hybridized carbons (Fsp3) is 0.235. The molecule has 0 N–H and O–H groups in total. The summed E-state index contributed by atoms with van der Waals surface area (Å²) in [5, 5.41) is 0. The first-order valence-electron chi connectivity index (χ1n) is 7.03. The van der Waals surface area contributed by atoms with Crippen LogP contribution in [0, 0.1) is 12.7 Å². The van der Waals surface area contributed by atoms with Crippen molar-refractivity contribution in [3.8, 4) is 11.5 Å². The topological polar surface area (TPSA) is 26.3 Å². The van der Waals surface area contributed by atoms with Crippen LogP contribution in [0.15, 0.2) is 35.2 Å². The van der Waals surface area contributed by atoms with Crippen molar-refractivity contribution in [2.75, 3.05) is 0 Å². The third-order valence-electron chi connectivity index (χ3n) is 3.57. The van der Waals surface area contributed by atoms with Crippen molar-refractivity contribution in [1.82, 2.24) is 0 Å². The van der Waals surface area contributed by atoms with Crippen LogP contribution in [0.5, 0.6) is 11.5 Å². The van der Waals surface area contributed by atoms with E-state index in [0.717, 1.165) is 0 Å². The third kappa shape index (κ3) is 3.37. The lowest BCUT2D eigenvalue weighted by atomic mass is 10.1. The third-order valence-corrected chi connectivity index (χ3v) is 4.34. The molecule has 2 aromatic carbocycles. The van der Waals surface area contributed by atoms with Crippen molar-refractivity contribution in [2.24, 2.45) is 0 Å². The number of alkyl halides is 2. The van der Waals surface area contributed by atoms with Crippen molar-refractivity contribution in [1.29, 1.82) is 0 Å². The van der Waals surface area contributed by atoms with Gasteiger partial charge >= 0.3 is 0 Å². The molecule has 2 aromatic rings. The van der Waals surface area contributed by atoms with E-state index in [1.807, 2.05) is 0 Å². The largest absolute Gasteiger partial charge is 0.457 e. The first-order chi connectivity index (χ1) is 10.9. The number of carbonyl (C=O) groups excluding carboxylic acids is 1. The normalized spacial score (nSPS) is 13.5. The molecule has 0 saturated heterocycles. The molecule has 0 amide bonds. The molecule has 0 bridgehead atoms. The van der Waals surface area contributed by atoms with E-state index >= 15 is 0 Å². The molecule has 0 spiro atoms. The molecular weight excluding hydrogens is 325 g/mol. The van der Waals surface area contributed by atoms with E-state index in [0.29, 0.717) is 46.4 Å². The van der Waals surface area contributed by atoms with Gasteiger partial charge in [-0.15, -0.1) is 0 Å². The quantitative estimate of drug-likeness (QED) is 0.701. The van der Waals surface area contributed by atoms with E-state index < -0.39 is 11.6 Å². The maximum Gasteiger partial charge on any atom is 0.288 e. The minimum Gasteiger partial charge on any atom is -0.457 e. The van der Waals surface area contributed by atoms with Gasteiger partial charge in [-0.1, -0.05) is 11.8 Å². The molecule has 1 aliphatic rings. The number of hydrogen-bond acceptors (Lipinski definition) is 3. The zero-order valence-electron chi connectivity index (χ0n) is 12.2. The Morgan fingerprint density at radius 1 is 1.17 bits per heavy atom. The van der Waals surface area contributed by atoms with Gasteiger partial charge in [-0.3, -0.25) is 4.79 Å². The number of fused-ring (bicyclic) bond motifs is 1. The average molecular weight is 338 g/mol. The summed E-state index contributed by atoms with van der Waals surface area (Å²) in [6.45, 7) is 1.74. The molecular formula is C17H13F3O2S. The van der Waals surface area contributed by atoms with Gasteiger partial charge in [0.15, 0.2) is 5.78 Å². The number of ketones is 1. The van der Waals surface area contributed by atoms with E-state index in [4.69, 9.17) is 4.74 Å². The van der Waals surface area contributed by atoms with E-state index in [1.165, 1.54) is 18.2 Å². The Kier molecular flexibility index (Phi) is 4.35. The Balaban J connectivity index is 1.99. The van der Waals surface area contributed by atoms with Gasteiger partial charge in [0.2, 0.25) is 0 Å². The van der Waals surface area contributed by atoms with E-state index in [-0.39, 0.29) is 17.1 Å². The molecule has 23 heavy (non-hydrogen) atoms. The summed E-state index contributed by atoms with van der Waals surface area (Å²) in [4.78, 5) is 12.3. The van der Waals surface area contributed by atoms with Gasteiger partial charge in [0.05, 0.1) is 0 Å². The minimum atomic E-state index is -2.59. The number of halogens is 3. The van der Waals surface area contributed by atoms with Crippen LogP contribution < -0.4 is 4.74 Å². The van der Waals surface area contributed by atoms with Gasteiger partial charge in [0, 0.05) is 28.5 Å². The lowest BCUT2D eigenvalue weighted by Gasteiger charge is -2.13. The van der Waals surface area contributed by atoms with Crippen molar-refractivity contribution in [3.63, 3.8) is 0 Å². The average Bonchev–Trinajstić information content (AvgIpc) is 2.83. The van der Waals surface area contributed by atoms with Gasteiger partial charge in [-0.2, -0.15) is 8.78 Å². The molecule has 2 nitrogen and oxygen atoms in total. The molecule has 1 aliphatic carbocycles. The molecule has 0 saturated carbocycles. The summed E-state index contributed by atoms with van der Waals surface area (Å²) in [5.41, 5.74) is 1.63. The molecule has 0 unspecified atom stereocenters. The standard InChI is InChI=1S/C17H13F3O2S/c1-9-6-10(18)8-11(7-9)22-14-4-5-15(23-17(19)20)16-12(14)2-3-13(16)21/h4-8,17H,2-3H2,1H3. The highest BCUT2D eigenvalue weighted by Crippen LogP contribution is 2.40. The fourth-order valence-corrected chi connectivity index (χ4v) is 3.40. The van der Waals surface area contributed by atoms with Crippen LogP contribution in [0.3, 0.4) is 0 Å². The summed E-state index contributed by atoms with van der Waals surface area (Å²) in [7, 11) is 0.